The topological polar surface area (TPSA) is 96.6 Å². The molecule has 1 aliphatic carbocycles. The highest BCUT2D eigenvalue weighted by Crippen LogP contribution is 2.17. The van der Waals surface area contributed by atoms with E-state index >= 15 is 0 Å². The monoisotopic (exact) mass is 472 g/mol. The van der Waals surface area contributed by atoms with Crippen LogP contribution in [0.3, 0.4) is 0 Å². The number of hydrogen-bond donors (Lipinski definition) is 3. The van der Waals surface area contributed by atoms with Crippen molar-refractivity contribution in [3.63, 3.8) is 0 Å². The molecular formula is C14H25IN4O2S2. The second kappa shape index (κ2) is 10.5. The van der Waals surface area contributed by atoms with Crippen LogP contribution >= 0.6 is 35.3 Å². The maximum absolute atomic E-state index is 11.9. The summed E-state index contributed by atoms with van der Waals surface area (Å²) >= 11 is 1.20. The molecule has 0 saturated heterocycles. The highest BCUT2D eigenvalue weighted by atomic mass is 127. The number of hydrogen-bond acceptors (Lipinski definition) is 4. The molecule has 1 aromatic heterocycles. The van der Waals surface area contributed by atoms with Crippen molar-refractivity contribution in [2.45, 2.75) is 48.8 Å². The summed E-state index contributed by atoms with van der Waals surface area (Å²) < 4.78 is 26.6. The van der Waals surface area contributed by atoms with Crippen molar-refractivity contribution in [2.75, 3.05) is 13.1 Å². The molecule has 1 aliphatic rings. The Kier molecular flexibility index (Phi) is 9.40. The maximum atomic E-state index is 11.9. The van der Waals surface area contributed by atoms with E-state index in [1.54, 1.807) is 17.5 Å². The molecule has 9 heteroatoms. The zero-order valence-corrected chi connectivity index (χ0v) is 17.0. The van der Waals surface area contributed by atoms with E-state index in [1.165, 1.54) is 37.0 Å². The molecular weight excluding hydrogens is 447 g/mol. The lowest BCUT2D eigenvalue weighted by Crippen LogP contribution is -2.40. The Balaban J connectivity index is 0.00000264. The summed E-state index contributed by atoms with van der Waals surface area (Å²) in [6.07, 6.45) is 7.29. The van der Waals surface area contributed by atoms with Gasteiger partial charge in [0.25, 0.3) is 0 Å². The lowest BCUT2D eigenvalue weighted by molar-refractivity contribution is 0.530. The molecule has 0 spiro atoms. The van der Waals surface area contributed by atoms with Gasteiger partial charge >= 0.3 is 0 Å². The average Bonchev–Trinajstić information content (AvgIpc) is 2.91. The summed E-state index contributed by atoms with van der Waals surface area (Å²) in [6, 6.07) is 3.69. The van der Waals surface area contributed by atoms with Gasteiger partial charge in [-0.1, -0.05) is 31.7 Å². The van der Waals surface area contributed by atoms with Gasteiger partial charge in [-0.05, 0) is 24.3 Å². The van der Waals surface area contributed by atoms with Crippen molar-refractivity contribution >= 4 is 51.3 Å². The Hall–Kier alpha value is -0.390. The van der Waals surface area contributed by atoms with Gasteiger partial charge < -0.3 is 11.1 Å². The minimum atomic E-state index is -3.41. The van der Waals surface area contributed by atoms with Crippen LogP contribution in [0.25, 0.3) is 0 Å². The smallest absolute Gasteiger partial charge is 0.250 e. The Morgan fingerprint density at radius 1 is 1.30 bits per heavy atom. The molecule has 0 aromatic carbocycles. The van der Waals surface area contributed by atoms with Crippen LogP contribution in [-0.2, 0) is 10.0 Å². The quantitative estimate of drug-likeness (QED) is 0.195. The van der Waals surface area contributed by atoms with Gasteiger partial charge in [-0.3, -0.25) is 4.99 Å². The molecule has 1 saturated carbocycles. The third-order valence-electron chi connectivity index (χ3n) is 3.65. The lowest BCUT2D eigenvalue weighted by Gasteiger charge is -2.16. The molecule has 0 radical (unpaired) electrons. The number of aliphatic imine (C=N–C) groups is 1. The van der Waals surface area contributed by atoms with E-state index in [0.29, 0.717) is 22.8 Å². The fraction of sp³-hybridized carbons (Fsp3) is 0.643. The standard InChI is InChI=1S/C14H24N4O2S2.HI/c15-14(18-12-6-3-1-2-4-7-12)16-9-10-17-22(19,20)13-8-5-11-21-13;/h5,8,11-12,17H,1-4,6-7,9-10H2,(H3,15,16,18);1H. The molecule has 23 heavy (non-hydrogen) atoms. The van der Waals surface area contributed by atoms with E-state index in [9.17, 15) is 8.42 Å². The van der Waals surface area contributed by atoms with Crippen LogP contribution in [-0.4, -0.2) is 33.5 Å². The molecule has 6 nitrogen and oxygen atoms in total. The van der Waals surface area contributed by atoms with Gasteiger partial charge in [0.1, 0.15) is 4.21 Å². The summed E-state index contributed by atoms with van der Waals surface area (Å²) in [7, 11) is -3.41. The molecule has 132 valence electrons. The summed E-state index contributed by atoms with van der Waals surface area (Å²) in [5.41, 5.74) is 5.86. The first-order chi connectivity index (χ1) is 10.6. The summed E-state index contributed by atoms with van der Waals surface area (Å²) in [5, 5.41) is 4.97. The van der Waals surface area contributed by atoms with Crippen molar-refractivity contribution in [1.29, 1.82) is 0 Å². The van der Waals surface area contributed by atoms with E-state index in [-0.39, 0.29) is 30.5 Å². The van der Waals surface area contributed by atoms with Gasteiger partial charge in [-0.2, -0.15) is 0 Å². The van der Waals surface area contributed by atoms with E-state index < -0.39 is 10.0 Å². The molecule has 0 unspecified atom stereocenters. The van der Waals surface area contributed by atoms with Gasteiger partial charge in [0, 0.05) is 12.6 Å². The zero-order chi connectivity index (χ0) is 15.8. The number of halogens is 1. The predicted molar refractivity (Wildman–Crippen MR) is 106 cm³/mol. The van der Waals surface area contributed by atoms with Gasteiger partial charge in [0.15, 0.2) is 5.96 Å². The molecule has 0 atom stereocenters. The van der Waals surface area contributed by atoms with Crippen molar-refractivity contribution < 1.29 is 8.42 Å². The summed E-state index contributed by atoms with van der Waals surface area (Å²) in [6.45, 7) is 0.573. The van der Waals surface area contributed by atoms with Crippen LogP contribution < -0.4 is 15.8 Å². The predicted octanol–water partition coefficient (Wildman–Crippen LogP) is 2.27. The van der Waals surface area contributed by atoms with E-state index in [0.717, 1.165) is 12.8 Å². The summed E-state index contributed by atoms with van der Waals surface area (Å²) in [4.78, 5) is 4.19. The number of guanidine groups is 1. The lowest BCUT2D eigenvalue weighted by atomic mass is 10.1. The van der Waals surface area contributed by atoms with Crippen molar-refractivity contribution in [3.8, 4) is 0 Å². The second-order valence-electron chi connectivity index (χ2n) is 5.43. The number of nitrogens with one attached hydrogen (secondary N) is 2. The van der Waals surface area contributed by atoms with Crippen LogP contribution in [0.15, 0.2) is 26.7 Å². The molecule has 1 heterocycles. The first-order valence-corrected chi connectivity index (χ1v) is 10.0. The highest BCUT2D eigenvalue weighted by Gasteiger charge is 2.14. The molecule has 1 fully saturated rings. The van der Waals surface area contributed by atoms with Crippen LogP contribution in [0.2, 0.25) is 0 Å². The van der Waals surface area contributed by atoms with E-state index in [1.807, 2.05) is 0 Å². The summed E-state index contributed by atoms with van der Waals surface area (Å²) in [5.74, 6) is 0.405. The van der Waals surface area contributed by atoms with Gasteiger partial charge in [-0.15, -0.1) is 35.3 Å². The van der Waals surface area contributed by atoms with Crippen LogP contribution in [0.5, 0.6) is 0 Å². The Morgan fingerprint density at radius 2 is 2.00 bits per heavy atom. The maximum Gasteiger partial charge on any atom is 0.250 e. The van der Waals surface area contributed by atoms with Gasteiger partial charge in [-0.25, -0.2) is 13.1 Å². The largest absolute Gasteiger partial charge is 0.370 e. The third kappa shape index (κ3) is 7.36. The van der Waals surface area contributed by atoms with E-state index in [4.69, 9.17) is 5.73 Å². The molecule has 4 N–H and O–H groups in total. The molecule has 0 aliphatic heterocycles. The molecule has 0 bridgehead atoms. The van der Waals surface area contributed by atoms with Gasteiger partial charge in [0.05, 0.1) is 6.54 Å². The number of rotatable bonds is 6. The normalized spacial score (nSPS) is 17.3. The first kappa shape index (κ1) is 20.7. The molecule has 2 rings (SSSR count). The van der Waals surface area contributed by atoms with Crippen LogP contribution in [0.1, 0.15) is 38.5 Å². The van der Waals surface area contributed by atoms with E-state index in [2.05, 4.69) is 15.0 Å². The van der Waals surface area contributed by atoms with Crippen molar-refractivity contribution in [2.24, 2.45) is 10.7 Å². The number of thiophene rings is 1. The van der Waals surface area contributed by atoms with Crippen LogP contribution in [0, 0.1) is 0 Å². The number of nitrogens with two attached hydrogens (primary N) is 1. The Morgan fingerprint density at radius 3 is 2.61 bits per heavy atom. The Labute approximate surface area is 159 Å². The van der Waals surface area contributed by atoms with Crippen molar-refractivity contribution in [3.05, 3.63) is 17.5 Å². The number of nitrogens with zero attached hydrogens (tertiary/aromatic N) is 1. The number of sulfonamides is 1. The van der Waals surface area contributed by atoms with Crippen LogP contribution in [0.4, 0.5) is 0 Å². The average molecular weight is 472 g/mol. The third-order valence-corrected chi connectivity index (χ3v) is 6.51. The fourth-order valence-electron chi connectivity index (χ4n) is 2.52. The fourth-order valence-corrected chi connectivity index (χ4v) is 4.58. The van der Waals surface area contributed by atoms with Gasteiger partial charge in [0.2, 0.25) is 10.0 Å². The molecule has 0 amide bonds. The highest BCUT2D eigenvalue weighted by molar-refractivity contribution is 14.0. The minimum absolute atomic E-state index is 0. The second-order valence-corrected chi connectivity index (χ2v) is 8.37. The Bertz CT molecular complexity index is 568. The minimum Gasteiger partial charge on any atom is -0.370 e. The SMILES string of the molecule is I.NC(=NCCNS(=O)(=O)c1cccs1)NC1CCCCCC1. The van der Waals surface area contributed by atoms with Crippen molar-refractivity contribution in [1.82, 2.24) is 10.0 Å². The molecule has 1 aromatic rings. The zero-order valence-electron chi connectivity index (χ0n) is 13.0. The first-order valence-electron chi connectivity index (χ1n) is 7.67.